The van der Waals surface area contributed by atoms with E-state index in [-0.39, 0.29) is 29.7 Å². The van der Waals surface area contributed by atoms with Crippen molar-refractivity contribution in [2.45, 2.75) is 64.2 Å². The average Bonchev–Trinajstić information content (AvgIpc) is 3.83. The number of furan rings is 1. The zero-order chi connectivity index (χ0) is 33.9. The number of aryl methyl sites for hydroxylation is 1. The van der Waals surface area contributed by atoms with Crippen LogP contribution < -0.4 is 0 Å². The van der Waals surface area contributed by atoms with Crippen LogP contribution in [0, 0.1) is 6.92 Å². The van der Waals surface area contributed by atoms with Crippen LogP contribution in [0.5, 0.6) is 0 Å². The van der Waals surface area contributed by atoms with Gasteiger partial charge in [0.2, 0.25) is 5.76 Å². The summed E-state index contributed by atoms with van der Waals surface area (Å²) in [6.07, 6.45) is 5.81. The summed E-state index contributed by atoms with van der Waals surface area (Å²) >= 11 is 5.25. The number of aromatic nitrogens is 3. The molecule has 1 atom stereocenters. The largest absolute Gasteiger partial charge is 0.467 e. The van der Waals surface area contributed by atoms with Gasteiger partial charge in [-0.05, 0) is 79.0 Å². The van der Waals surface area contributed by atoms with Gasteiger partial charge in [0.25, 0.3) is 11.8 Å². The van der Waals surface area contributed by atoms with Gasteiger partial charge in [-0.3, -0.25) is 14.7 Å². The lowest BCUT2D eigenvalue weighted by atomic mass is 10.1. The Morgan fingerprint density at radius 2 is 1.69 bits per heavy atom. The highest BCUT2D eigenvalue weighted by atomic mass is 79.9. The van der Waals surface area contributed by atoms with E-state index in [0.717, 1.165) is 52.7 Å². The number of carbonyl (C=O) groups excluding carboxylic acids is 2. The van der Waals surface area contributed by atoms with Crippen LogP contribution in [0.1, 0.15) is 75.9 Å². The molecule has 2 aliphatic rings. The zero-order valence-electron chi connectivity index (χ0n) is 27.2. The molecule has 11 heteroatoms. The molecule has 2 aromatic carbocycles. The first-order valence-corrected chi connectivity index (χ1v) is 18.1. The molecule has 0 bridgehead atoms. The van der Waals surface area contributed by atoms with Crippen molar-refractivity contribution >= 4 is 39.1 Å². The molecule has 0 saturated heterocycles. The number of nitrogens with zero attached hydrogens (tertiary/aromatic N) is 4. The van der Waals surface area contributed by atoms with Gasteiger partial charge >= 0.3 is 0 Å². The highest BCUT2D eigenvalue weighted by molar-refractivity contribution is 9.10. The Hall–Kier alpha value is -4.74. The van der Waals surface area contributed by atoms with Crippen LogP contribution in [0.3, 0.4) is 0 Å². The minimum absolute atomic E-state index is 0.00690. The number of H-pyrrole nitrogens is 1. The van der Waals surface area contributed by atoms with E-state index in [1.165, 1.54) is 10.4 Å². The van der Waals surface area contributed by atoms with Crippen molar-refractivity contribution in [3.63, 3.8) is 0 Å². The maximum absolute atomic E-state index is 13.0. The molecular weight excluding hydrogens is 702 g/mol. The number of rotatable bonds is 10. The molecule has 2 amide bonds. The van der Waals surface area contributed by atoms with Crippen LogP contribution in [0.25, 0.3) is 22.5 Å². The number of carbonyl (C=O) groups is 2. The average molecular weight is 739 g/mol. The van der Waals surface area contributed by atoms with Gasteiger partial charge in [0.1, 0.15) is 22.8 Å². The molecule has 2 saturated carbocycles. The van der Waals surface area contributed by atoms with E-state index >= 15 is 0 Å². The topological polar surface area (TPSA) is 108 Å². The van der Waals surface area contributed by atoms with Gasteiger partial charge in [-0.15, -0.1) is 11.3 Å². The highest BCUT2D eigenvalue weighted by Crippen LogP contribution is 2.37. The molecule has 2 aliphatic carbocycles. The van der Waals surface area contributed by atoms with Crippen molar-refractivity contribution in [1.29, 1.82) is 0 Å². The lowest BCUT2D eigenvalue weighted by Gasteiger charge is -2.26. The predicted molar refractivity (Wildman–Crippen MR) is 192 cm³/mol. The minimum atomic E-state index is -0.141. The molecule has 0 aliphatic heterocycles. The van der Waals surface area contributed by atoms with E-state index in [1.807, 2.05) is 102 Å². The lowest BCUT2D eigenvalue weighted by molar-refractivity contribution is 0.0609. The molecule has 6 aromatic rings. The SMILES string of the molecule is Cc1ccc(-c2cc(C(=O)N(C3CC3)C(C)c3ccco3)on2)cc1.O=C(c1[nH]nc(-c2ccccc2)c1Br)N(Cc1cccs1)C1CC1. The standard InChI is InChI=1S/C20H20N2O3.C18H16BrN3OS/c1-13-5-7-15(8-6-13)17-12-19(25-21-17)20(23)22(16-9-10-16)14(2)18-4-3-11-24-18;19-15-16(12-5-2-1-3-6-12)20-21-17(15)18(23)22(13-8-9-13)11-14-7-4-10-24-14/h3-8,11-12,14,16H,9-10H2,1-2H3;1-7,10,13H,8-9,11H2,(H,20,21). The Balaban J connectivity index is 0.000000154. The van der Waals surface area contributed by atoms with Crippen LogP contribution in [-0.2, 0) is 6.54 Å². The molecule has 4 heterocycles. The smallest absolute Gasteiger partial charge is 0.293 e. The Bertz CT molecular complexity index is 2000. The van der Waals surface area contributed by atoms with Gasteiger partial charge in [-0.2, -0.15) is 5.10 Å². The molecule has 1 N–H and O–H groups in total. The number of nitrogens with one attached hydrogen (secondary N) is 1. The van der Waals surface area contributed by atoms with Crippen molar-refractivity contribution in [1.82, 2.24) is 25.2 Å². The first kappa shape index (κ1) is 32.8. The van der Waals surface area contributed by atoms with Crippen LogP contribution in [0.15, 0.2) is 110 Å². The maximum atomic E-state index is 13.0. The van der Waals surface area contributed by atoms with Gasteiger partial charge in [0.05, 0.1) is 23.3 Å². The summed E-state index contributed by atoms with van der Waals surface area (Å²) in [5.41, 5.74) is 5.06. The third-order valence-corrected chi connectivity index (χ3v) is 10.4. The normalized spacial score (nSPS) is 14.5. The fraction of sp³-hybridized carbons (Fsp3) is 0.263. The molecule has 2 fully saturated rings. The van der Waals surface area contributed by atoms with Crippen LogP contribution in [0.2, 0.25) is 0 Å². The lowest BCUT2D eigenvalue weighted by Crippen LogP contribution is -2.35. The number of hydrogen-bond acceptors (Lipinski definition) is 7. The molecule has 0 spiro atoms. The van der Waals surface area contributed by atoms with E-state index in [4.69, 9.17) is 8.94 Å². The molecule has 1 unspecified atom stereocenters. The number of benzene rings is 2. The summed E-state index contributed by atoms with van der Waals surface area (Å²) in [6.45, 7) is 4.67. The second-order valence-corrected chi connectivity index (χ2v) is 14.3. The summed E-state index contributed by atoms with van der Waals surface area (Å²) in [5, 5.41) is 13.4. The minimum Gasteiger partial charge on any atom is -0.467 e. The van der Waals surface area contributed by atoms with Gasteiger partial charge in [0.15, 0.2) is 0 Å². The fourth-order valence-electron chi connectivity index (χ4n) is 5.76. The summed E-state index contributed by atoms with van der Waals surface area (Å²) in [5.74, 6) is 0.907. The summed E-state index contributed by atoms with van der Waals surface area (Å²) in [6, 6.07) is 27.8. The molecule has 0 radical (unpaired) electrons. The van der Waals surface area contributed by atoms with Gasteiger partial charge in [0, 0.05) is 34.2 Å². The highest BCUT2D eigenvalue weighted by Gasteiger charge is 2.39. The maximum Gasteiger partial charge on any atom is 0.293 e. The molecular formula is C38H36BrN5O4S. The Morgan fingerprint density at radius 3 is 2.35 bits per heavy atom. The van der Waals surface area contributed by atoms with Gasteiger partial charge in [-0.25, -0.2) is 0 Å². The van der Waals surface area contributed by atoms with Crippen LogP contribution in [-0.4, -0.2) is 49.1 Å². The van der Waals surface area contributed by atoms with Gasteiger partial charge in [-0.1, -0.05) is 71.4 Å². The number of aromatic amines is 1. The Kier molecular flexibility index (Phi) is 9.63. The summed E-state index contributed by atoms with van der Waals surface area (Å²) in [7, 11) is 0. The van der Waals surface area contributed by atoms with E-state index in [2.05, 4.69) is 37.4 Å². The first-order chi connectivity index (χ1) is 23.9. The van der Waals surface area contributed by atoms with E-state index < -0.39 is 0 Å². The Labute approximate surface area is 297 Å². The summed E-state index contributed by atoms with van der Waals surface area (Å²) < 4.78 is 11.6. The molecule has 8 rings (SSSR count). The monoisotopic (exact) mass is 737 g/mol. The molecule has 250 valence electrons. The third kappa shape index (κ3) is 7.47. The van der Waals surface area contributed by atoms with E-state index in [1.54, 1.807) is 23.7 Å². The van der Waals surface area contributed by atoms with Crippen molar-refractivity contribution in [3.05, 3.63) is 129 Å². The number of amides is 2. The third-order valence-electron chi connectivity index (χ3n) is 8.74. The number of hydrogen-bond donors (Lipinski definition) is 1. The van der Waals surface area contributed by atoms with E-state index in [9.17, 15) is 9.59 Å². The summed E-state index contributed by atoms with van der Waals surface area (Å²) in [4.78, 5) is 31.1. The van der Waals surface area contributed by atoms with E-state index in [0.29, 0.717) is 24.0 Å². The van der Waals surface area contributed by atoms with Gasteiger partial charge < -0.3 is 18.7 Å². The Morgan fingerprint density at radius 1 is 0.939 bits per heavy atom. The molecule has 4 aromatic heterocycles. The van der Waals surface area contributed by atoms with Crippen LogP contribution in [0.4, 0.5) is 0 Å². The van der Waals surface area contributed by atoms with Crippen molar-refractivity contribution in [3.8, 4) is 22.5 Å². The second-order valence-electron chi connectivity index (χ2n) is 12.4. The second kappa shape index (κ2) is 14.4. The fourth-order valence-corrected chi connectivity index (χ4v) is 7.04. The molecule has 49 heavy (non-hydrogen) atoms. The van der Waals surface area contributed by atoms with Crippen molar-refractivity contribution in [2.24, 2.45) is 0 Å². The van der Waals surface area contributed by atoms with Crippen molar-refractivity contribution < 1.29 is 18.5 Å². The number of thiophene rings is 1. The molecule has 9 nitrogen and oxygen atoms in total. The zero-order valence-corrected chi connectivity index (χ0v) is 29.6. The number of halogens is 1. The first-order valence-electron chi connectivity index (χ1n) is 16.4. The van der Waals surface area contributed by atoms with Crippen LogP contribution >= 0.6 is 27.3 Å². The quantitative estimate of drug-likeness (QED) is 0.150. The van der Waals surface area contributed by atoms with Crippen molar-refractivity contribution in [2.75, 3.05) is 0 Å². The predicted octanol–water partition coefficient (Wildman–Crippen LogP) is 9.31.